The number of hydrogen-bond acceptors (Lipinski definition) is 4. The molecule has 0 fully saturated rings. The van der Waals surface area contributed by atoms with Crippen LogP contribution in [0.5, 0.6) is 0 Å². The van der Waals surface area contributed by atoms with Crippen LogP contribution in [0.15, 0.2) is 0 Å². The number of likely N-dealkylation sites (N-methyl/N-ethyl adjacent to an activating group) is 1. The third-order valence-corrected chi connectivity index (χ3v) is 2.93. The molecule has 0 aliphatic rings. The van der Waals surface area contributed by atoms with E-state index in [-0.39, 0.29) is 0 Å². The zero-order chi connectivity index (χ0) is 12.6. The van der Waals surface area contributed by atoms with Gasteiger partial charge in [0.15, 0.2) is 5.65 Å². The molecule has 0 unspecified atom stereocenters. The van der Waals surface area contributed by atoms with Crippen LogP contribution in [0.1, 0.15) is 12.6 Å². The molecule has 6 heteroatoms. The Labute approximate surface area is 101 Å². The summed E-state index contributed by atoms with van der Waals surface area (Å²) < 4.78 is 3.90. The van der Waals surface area contributed by atoms with Crippen molar-refractivity contribution in [2.45, 2.75) is 19.9 Å². The first kappa shape index (κ1) is 11.9. The van der Waals surface area contributed by atoms with E-state index in [4.69, 9.17) is 5.73 Å². The molecule has 17 heavy (non-hydrogen) atoms. The molecule has 0 aliphatic carbocycles. The van der Waals surface area contributed by atoms with E-state index >= 15 is 0 Å². The Morgan fingerprint density at radius 2 is 2.06 bits per heavy atom. The highest BCUT2D eigenvalue weighted by atomic mass is 15.3. The Bertz CT molecular complexity index is 522. The topological polar surface area (TPSA) is 64.9 Å². The van der Waals surface area contributed by atoms with E-state index in [9.17, 15) is 0 Å². The lowest BCUT2D eigenvalue weighted by molar-refractivity contribution is 0.386. The van der Waals surface area contributed by atoms with Crippen molar-refractivity contribution in [3.05, 3.63) is 5.69 Å². The van der Waals surface area contributed by atoms with Gasteiger partial charge in [-0.2, -0.15) is 5.10 Å². The summed E-state index contributed by atoms with van der Waals surface area (Å²) in [6.07, 6.45) is 0.876. The minimum Gasteiger partial charge on any atom is -0.369 e. The van der Waals surface area contributed by atoms with Gasteiger partial charge < -0.3 is 10.6 Å². The molecule has 0 aliphatic heterocycles. The van der Waals surface area contributed by atoms with E-state index in [0.29, 0.717) is 5.95 Å². The molecule has 6 nitrogen and oxygen atoms in total. The van der Waals surface area contributed by atoms with Crippen molar-refractivity contribution in [2.24, 2.45) is 7.05 Å². The first-order valence-electron chi connectivity index (χ1n) is 5.87. The summed E-state index contributed by atoms with van der Waals surface area (Å²) in [5, 5.41) is 4.46. The molecule has 94 valence electrons. The first-order valence-corrected chi connectivity index (χ1v) is 5.87. The smallest absolute Gasteiger partial charge is 0.202 e. The summed E-state index contributed by atoms with van der Waals surface area (Å²) in [5.74, 6) is 0.574. The first-order chi connectivity index (χ1) is 8.04. The minimum atomic E-state index is 0.574. The summed E-state index contributed by atoms with van der Waals surface area (Å²) in [6.45, 7) is 3.84. The number of aromatic nitrogens is 4. The van der Waals surface area contributed by atoms with Gasteiger partial charge >= 0.3 is 0 Å². The molecular weight excluding hydrogens is 216 g/mol. The lowest BCUT2D eigenvalue weighted by atomic mass is 10.3. The number of fused-ring (bicyclic) bond motifs is 1. The Balaban J connectivity index is 2.47. The van der Waals surface area contributed by atoms with E-state index in [1.165, 1.54) is 0 Å². The molecule has 2 aromatic heterocycles. The van der Waals surface area contributed by atoms with Crippen LogP contribution in [-0.4, -0.2) is 44.9 Å². The second-order valence-corrected chi connectivity index (χ2v) is 4.52. The maximum atomic E-state index is 5.97. The van der Waals surface area contributed by atoms with Gasteiger partial charge in [0.2, 0.25) is 5.95 Å². The van der Waals surface area contributed by atoms with Crippen LogP contribution in [0.3, 0.4) is 0 Å². The number of rotatable bonds is 4. The van der Waals surface area contributed by atoms with Gasteiger partial charge in [0.1, 0.15) is 5.52 Å². The van der Waals surface area contributed by atoms with Crippen LogP contribution in [-0.2, 0) is 20.0 Å². The number of imidazole rings is 1. The highest BCUT2D eigenvalue weighted by Crippen LogP contribution is 2.20. The van der Waals surface area contributed by atoms with E-state index in [1.54, 1.807) is 0 Å². The number of anilines is 1. The van der Waals surface area contributed by atoms with Gasteiger partial charge in [-0.05, 0) is 20.5 Å². The van der Waals surface area contributed by atoms with Crippen molar-refractivity contribution in [2.75, 3.05) is 26.4 Å². The quantitative estimate of drug-likeness (QED) is 0.838. The highest BCUT2D eigenvalue weighted by molar-refractivity contribution is 5.77. The lowest BCUT2D eigenvalue weighted by Gasteiger charge is -2.11. The van der Waals surface area contributed by atoms with Gasteiger partial charge in [0, 0.05) is 20.1 Å². The molecular formula is C11H20N6. The fourth-order valence-electron chi connectivity index (χ4n) is 2.02. The molecule has 0 aromatic carbocycles. The van der Waals surface area contributed by atoms with Crippen LogP contribution in [0.25, 0.3) is 11.2 Å². The van der Waals surface area contributed by atoms with E-state index in [2.05, 4.69) is 21.9 Å². The van der Waals surface area contributed by atoms with Crippen LogP contribution in [0, 0.1) is 0 Å². The van der Waals surface area contributed by atoms with Gasteiger partial charge in [-0.3, -0.25) is 9.25 Å². The SMILES string of the molecule is CCc1nn(C)c2c1nc(N)n2CCN(C)C. The van der Waals surface area contributed by atoms with Crippen molar-refractivity contribution < 1.29 is 0 Å². The normalized spacial score (nSPS) is 11.8. The van der Waals surface area contributed by atoms with Gasteiger partial charge in [-0.1, -0.05) is 6.92 Å². The number of aryl methyl sites for hydroxylation is 2. The molecule has 0 radical (unpaired) electrons. The highest BCUT2D eigenvalue weighted by Gasteiger charge is 2.16. The van der Waals surface area contributed by atoms with Crippen LogP contribution < -0.4 is 5.73 Å². The number of nitrogen functional groups attached to an aromatic ring is 1. The predicted octanol–water partition coefficient (Wildman–Crippen LogP) is 0.476. The third kappa shape index (κ3) is 2.00. The zero-order valence-corrected chi connectivity index (χ0v) is 10.9. The molecule has 0 spiro atoms. The van der Waals surface area contributed by atoms with Crippen LogP contribution in [0.4, 0.5) is 5.95 Å². The molecule has 0 saturated heterocycles. The predicted molar refractivity (Wildman–Crippen MR) is 68.8 cm³/mol. The Hall–Kier alpha value is -1.56. The monoisotopic (exact) mass is 236 g/mol. The maximum absolute atomic E-state index is 5.97. The summed E-state index contributed by atoms with van der Waals surface area (Å²) in [4.78, 5) is 6.55. The largest absolute Gasteiger partial charge is 0.369 e. The second kappa shape index (κ2) is 4.37. The Kier molecular flexibility index (Phi) is 3.06. The van der Waals surface area contributed by atoms with E-state index in [0.717, 1.165) is 36.4 Å². The van der Waals surface area contributed by atoms with Crippen molar-refractivity contribution in [1.82, 2.24) is 24.2 Å². The standard InChI is InChI=1S/C11H20N6/c1-5-8-9-10(16(4)14-8)17(11(12)13-9)7-6-15(2)3/h5-7H2,1-4H3,(H2,12,13). The Morgan fingerprint density at radius 1 is 1.35 bits per heavy atom. The molecule has 2 rings (SSSR count). The maximum Gasteiger partial charge on any atom is 0.202 e. The molecule has 2 N–H and O–H groups in total. The summed E-state index contributed by atoms with van der Waals surface area (Å²) in [7, 11) is 6.03. The van der Waals surface area contributed by atoms with Gasteiger partial charge in [0.25, 0.3) is 0 Å². The lowest BCUT2D eigenvalue weighted by Crippen LogP contribution is -2.20. The fraction of sp³-hybridized carbons (Fsp3) is 0.636. The molecule has 0 amide bonds. The third-order valence-electron chi connectivity index (χ3n) is 2.93. The summed E-state index contributed by atoms with van der Waals surface area (Å²) in [5.41, 5.74) is 8.93. The molecule has 2 heterocycles. The Morgan fingerprint density at radius 3 is 2.65 bits per heavy atom. The molecule has 2 aromatic rings. The zero-order valence-electron chi connectivity index (χ0n) is 10.9. The number of nitrogens with zero attached hydrogens (tertiary/aromatic N) is 5. The van der Waals surface area contributed by atoms with E-state index < -0.39 is 0 Å². The molecule has 0 atom stereocenters. The molecule has 0 bridgehead atoms. The van der Waals surface area contributed by atoms with Crippen molar-refractivity contribution in [1.29, 1.82) is 0 Å². The summed E-state index contributed by atoms with van der Waals surface area (Å²) >= 11 is 0. The van der Waals surface area contributed by atoms with Crippen LogP contribution >= 0.6 is 0 Å². The van der Waals surface area contributed by atoms with Crippen molar-refractivity contribution >= 4 is 17.1 Å². The molecule has 0 saturated carbocycles. The van der Waals surface area contributed by atoms with Gasteiger partial charge in [-0.15, -0.1) is 0 Å². The van der Waals surface area contributed by atoms with Crippen molar-refractivity contribution in [3.8, 4) is 0 Å². The fourth-order valence-corrected chi connectivity index (χ4v) is 2.02. The van der Waals surface area contributed by atoms with Crippen LogP contribution in [0.2, 0.25) is 0 Å². The van der Waals surface area contributed by atoms with Gasteiger partial charge in [0.05, 0.1) is 5.69 Å². The average molecular weight is 236 g/mol. The number of nitrogens with two attached hydrogens (primary N) is 1. The summed E-state index contributed by atoms with van der Waals surface area (Å²) in [6, 6.07) is 0. The second-order valence-electron chi connectivity index (χ2n) is 4.52. The average Bonchev–Trinajstić information content (AvgIpc) is 2.73. The minimum absolute atomic E-state index is 0.574. The van der Waals surface area contributed by atoms with Crippen molar-refractivity contribution in [3.63, 3.8) is 0 Å². The number of hydrogen-bond donors (Lipinski definition) is 1. The van der Waals surface area contributed by atoms with Gasteiger partial charge in [-0.25, -0.2) is 4.98 Å². The van der Waals surface area contributed by atoms with E-state index in [1.807, 2.05) is 30.4 Å².